The highest BCUT2D eigenvalue weighted by atomic mass is 16.3. The Balaban J connectivity index is 3.98. The van der Waals surface area contributed by atoms with Crippen LogP contribution in [0.3, 0.4) is 0 Å². The Morgan fingerprint density at radius 3 is 2.12 bits per heavy atom. The third-order valence-corrected chi connectivity index (χ3v) is 3.12. The summed E-state index contributed by atoms with van der Waals surface area (Å²) in [5.41, 5.74) is -0.391. The summed E-state index contributed by atoms with van der Waals surface area (Å²) in [6.45, 7) is 7.05. The fraction of sp³-hybridized carbons (Fsp3) is 1.00. The summed E-state index contributed by atoms with van der Waals surface area (Å²) in [7, 11) is 0. The van der Waals surface area contributed by atoms with Crippen molar-refractivity contribution < 1.29 is 10.2 Å². The van der Waals surface area contributed by atoms with Gasteiger partial charge in [0.2, 0.25) is 0 Å². The molecule has 0 fully saturated rings. The summed E-state index contributed by atoms with van der Waals surface area (Å²) >= 11 is 0. The normalized spacial score (nSPS) is 14.1. The van der Waals surface area contributed by atoms with Crippen molar-refractivity contribution in [3.05, 3.63) is 0 Å². The number of aliphatic hydroxyl groups excluding tert-OH is 2. The molecule has 0 saturated heterocycles. The zero-order chi connectivity index (χ0) is 12.4. The SMILES string of the molecule is CCCCC(CCC)NCC(C)(CO)CO. The lowest BCUT2D eigenvalue weighted by Gasteiger charge is -2.28. The average Bonchev–Trinajstić information content (AvgIpc) is 2.32. The number of hydrogen-bond acceptors (Lipinski definition) is 3. The van der Waals surface area contributed by atoms with Gasteiger partial charge in [0.05, 0.1) is 13.2 Å². The Labute approximate surface area is 100 Å². The zero-order valence-electron chi connectivity index (χ0n) is 11.1. The van der Waals surface area contributed by atoms with E-state index in [1.54, 1.807) is 0 Å². The standard InChI is InChI=1S/C13H29NO2/c1-4-6-8-12(7-5-2)14-9-13(3,10-15)11-16/h12,14-16H,4-11H2,1-3H3. The van der Waals surface area contributed by atoms with Gasteiger partial charge in [0.1, 0.15) is 0 Å². The summed E-state index contributed by atoms with van der Waals surface area (Å²) < 4.78 is 0. The van der Waals surface area contributed by atoms with Gasteiger partial charge in [0.25, 0.3) is 0 Å². The lowest BCUT2D eigenvalue weighted by molar-refractivity contribution is 0.0666. The summed E-state index contributed by atoms with van der Waals surface area (Å²) in [6.07, 6.45) is 6.01. The molecule has 0 aromatic rings. The topological polar surface area (TPSA) is 52.5 Å². The molecule has 1 atom stereocenters. The van der Waals surface area contributed by atoms with Crippen molar-refractivity contribution in [3.8, 4) is 0 Å². The molecule has 3 N–H and O–H groups in total. The van der Waals surface area contributed by atoms with Crippen LogP contribution in [-0.4, -0.2) is 36.0 Å². The first-order valence-electron chi connectivity index (χ1n) is 6.57. The second-order valence-corrected chi connectivity index (χ2v) is 5.14. The van der Waals surface area contributed by atoms with Crippen LogP contribution in [0.1, 0.15) is 52.9 Å². The molecule has 0 radical (unpaired) electrons. The summed E-state index contributed by atoms with van der Waals surface area (Å²) in [6, 6.07) is 0.530. The maximum Gasteiger partial charge on any atom is 0.0518 e. The third kappa shape index (κ3) is 6.46. The van der Waals surface area contributed by atoms with Crippen molar-refractivity contribution in [3.63, 3.8) is 0 Å². The van der Waals surface area contributed by atoms with Crippen LogP contribution in [0.4, 0.5) is 0 Å². The molecule has 0 saturated carbocycles. The van der Waals surface area contributed by atoms with Crippen molar-refractivity contribution in [2.24, 2.45) is 5.41 Å². The van der Waals surface area contributed by atoms with Crippen molar-refractivity contribution in [2.45, 2.75) is 58.9 Å². The van der Waals surface area contributed by atoms with Crippen LogP contribution in [-0.2, 0) is 0 Å². The van der Waals surface area contributed by atoms with E-state index in [1.807, 2.05) is 6.92 Å². The van der Waals surface area contributed by atoms with Crippen LogP contribution in [0, 0.1) is 5.41 Å². The van der Waals surface area contributed by atoms with E-state index in [-0.39, 0.29) is 13.2 Å². The van der Waals surface area contributed by atoms with Gasteiger partial charge in [0.15, 0.2) is 0 Å². The van der Waals surface area contributed by atoms with Crippen molar-refractivity contribution in [2.75, 3.05) is 19.8 Å². The van der Waals surface area contributed by atoms with Gasteiger partial charge >= 0.3 is 0 Å². The van der Waals surface area contributed by atoms with Gasteiger partial charge in [-0.05, 0) is 12.8 Å². The van der Waals surface area contributed by atoms with E-state index >= 15 is 0 Å². The van der Waals surface area contributed by atoms with Crippen molar-refractivity contribution in [1.29, 1.82) is 0 Å². The van der Waals surface area contributed by atoms with Gasteiger partial charge in [-0.1, -0.05) is 40.0 Å². The first kappa shape index (κ1) is 15.9. The molecule has 0 aliphatic heterocycles. The smallest absolute Gasteiger partial charge is 0.0518 e. The third-order valence-electron chi connectivity index (χ3n) is 3.12. The fourth-order valence-electron chi connectivity index (χ4n) is 1.70. The van der Waals surface area contributed by atoms with E-state index in [4.69, 9.17) is 0 Å². The Hall–Kier alpha value is -0.120. The van der Waals surface area contributed by atoms with Crippen LogP contribution >= 0.6 is 0 Å². The van der Waals surface area contributed by atoms with Crippen LogP contribution in [0.2, 0.25) is 0 Å². The molecule has 0 aliphatic rings. The van der Waals surface area contributed by atoms with E-state index in [1.165, 1.54) is 32.1 Å². The van der Waals surface area contributed by atoms with Crippen LogP contribution in [0.25, 0.3) is 0 Å². The molecule has 0 aromatic heterocycles. The van der Waals surface area contributed by atoms with Crippen LogP contribution in [0.15, 0.2) is 0 Å². The molecule has 0 amide bonds. The molecule has 16 heavy (non-hydrogen) atoms. The van der Waals surface area contributed by atoms with E-state index < -0.39 is 5.41 Å². The molecule has 0 spiro atoms. The van der Waals surface area contributed by atoms with Crippen molar-refractivity contribution >= 4 is 0 Å². The van der Waals surface area contributed by atoms with Gasteiger partial charge in [0, 0.05) is 18.0 Å². The highest BCUT2D eigenvalue weighted by Crippen LogP contribution is 2.14. The molecular formula is C13H29NO2. The first-order chi connectivity index (χ1) is 7.61. The number of nitrogens with one attached hydrogen (secondary N) is 1. The Kier molecular flexibility index (Phi) is 8.90. The maximum atomic E-state index is 9.20. The quantitative estimate of drug-likeness (QED) is 0.538. The minimum Gasteiger partial charge on any atom is -0.396 e. The molecule has 0 heterocycles. The largest absolute Gasteiger partial charge is 0.396 e. The Morgan fingerprint density at radius 2 is 1.69 bits per heavy atom. The fourth-order valence-corrected chi connectivity index (χ4v) is 1.70. The molecule has 0 bridgehead atoms. The molecule has 0 rings (SSSR count). The highest BCUT2D eigenvalue weighted by molar-refractivity contribution is 4.78. The highest BCUT2D eigenvalue weighted by Gasteiger charge is 2.23. The number of rotatable bonds is 10. The van der Waals surface area contributed by atoms with Gasteiger partial charge < -0.3 is 15.5 Å². The lowest BCUT2D eigenvalue weighted by Crippen LogP contribution is -2.42. The summed E-state index contributed by atoms with van der Waals surface area (Å²) in [5, 5.41) is 21.9. The Bertz CT molecular complexity index is 158. The second-order valence-electron chi connectivity index (χ2n) is 5.14. The summed E-state index contributed by atoms with van der Waals surface area (Å²) in [4.78, 5) is 0. The van der Waals surface area contributed by atoms with Gasteiger partial charge in [-0.15, -0.1) is 0 Å². The van der Waals surface area contributed by atoms with Gasteiger partial charge in [-0.3, -0.25) is 0 Å². The molecule has 98 valence electrons. The van der Waals surface area contributed by atoms with Crippen LogP contribution < -0.4 is 5.32 Å². The van der Waals surface area contributed by atoms with Crippen LogP contribution in [0.5, 0.6) is 0 Å². The van der Waals surface area contributed by atoms with E-state index in [9.17, 15) is 10.2 Å². The minimum absolute atomic E-state index is 0.0309. The molecular weight excluding hydrogens is 202 g/mol. The molecule has 0 aromatic carbocycles. The second kappa shape index (κ2) is 8.97. The van der Waals surface area contributed by atoms with Gasteiger partial charge in [-0.25, -0.2) is 0 Å². The summed E-state index contributed by atoms with van der Waals surface area (Å²) in [5.74, 6) is 0. The van der Waals surface area contributed by atoms with E-state index in [0.717, 1.165) is 0 Å². The average molecular weight is 231 g/mol. The van der Waals surface area contributed by atoms with Gasteiger partial charge in [-0.2, -0.15) is 0 Å². The molecule has 3 nitrogen and oxygen atoms in total. The zero-order valence-corrected chi connectivity index (χ0v) is 11.1. The number of unbranched alkanes of at least 4 members (excludes halogenated alkanes) is 1. The lowest BCUT2D eigenvalue weighted by atomic mass is 9.92. The maximum absolute atomic E-state index is 9.20. The number of aliphatic hydroxyl groups is 2. The minimum atomic E-state index is -0.391. The molecule has 1 unspecified atom stereocenters. The Morgan fingerprint density at radius 1 is 1.06 bits per heavy atom. The molecule has 0 aliphatic carbocycles. The van der Waals surface area contributed by atoms with E-state index in [0.29, 0.717) is 12.6 Å². The number of hydrogen-bond donors (Lipinski definition) is 3. The monoisotopic (exact) mass is 231 g/mol. The van der Waals surface area contributed by atoms with E-state index in [2.05, 4.69) is 19.2 Å². The van der Waals surface area contributed by atoms with Crippen molar-refractivity contribution in [1.82, 2.24) is 5.32 Å². The predicted octanol–water partition coefficient (Wildman–Crippen LogP) is 1.93. The molecule has 3 heteroatoms. The predicted molar refractivity (Wildman–Crippen MR) is 68.5 cm³/mol. The first-order valence-corrected chi connectivity index (χ1v) is 6.57.